The van der Waals surface area contributed by atoms with Crippen LogP contribution in [0.4, 0.5) is 0 Å². The van der Waals surface area contributed by atoms with Crippen LogP contribution >= 0.6 is 11.6 Å². The van der Waals surface area contributed by atoms with Crippen LogP contribution in [0.2, 0.25) is 5.02 Å². The van der Waals surface area contributed by atoms with Gasteiger partial charge in [-0.2, -0.15) is 0 Å². The van der Waals surface area contributed by atoms with Gasteiger partial charge >= 0.3 is 0 Å². The molecule has 0 atom stereocenters. The van der Waals surface area contributed by atoms with E-state index in [9.17, 15) is 0 Å². The molecule has 3 nitrogen and oxygen atoms in total. The van der Waals surface area contributed by atoms with Gasteiger partial charge in [0.05, 0.1) is 11.2 Å². The van der Waals surface area contributed by atoms with Crippen molar-refractivity contribution in [3.05, 3.63) is 77.4 Å². The van der Waals surface area contributed by atoms with Gasteiger partial charge in [-0.15, -0.1) is 0 Å². The maximum Gasteiger partial charge on any atom is 0.178 e. The van der Waals surface area contributed by atoms with Crippen molar-refractivity contribution >= 4 is 22.5 Å². The standard InChI is InChI=1S/C20H14ClN3/c1-13-11-14(9-10-16(13)21)17-7-4-8-19(23-17)20-22-12-15-5-2-3-6-18(15)24-20/h2-12H,1H3. The first-order valence-electron chi connectivity index (χ1n) is 7.66. The fourth-order valence-electron chi connectivity index (χ4n) is 2.62. The number of hydrogen-bond acceptors (Lipinski definition) is 3. The molecule has 0 aliphatic heterocycles. The summed E-state index contributed by atoms with van der Waals surface area (Å²) in [6.45, 7) is 1.99. The van der Waals surface area contributed by atoms with Crippen LogP contribution in [0.3, 0.4) is 0 Å². The van der Waals surface area contributed by atoms with Crippen molar-refractivity contribution in [2.75, 3.05) is 0 Å². The molecule has 2 heterocycles. The Kier molecular flexibility index (Phi) is 3.71. The van der Waals surface area contributed by atoms with Crippen molar-refractivity contribution in [1.82, 2.24) is 15.0 Å². The summed E-state index contributed by atoms with van der Waals surface area (Å²) in [5.41, 5.74) is 4.61. The van der Waals surface area contributed by atoms with Gasteiger partial charge in [0.2, 0.25) is 0 Å². The minimum Gasteiger partial charge on any atom is -0.244 e. The van der Waals surface area contributed by atoms with E-state index < -0.39 is 0 Å². The summed E-state index contributed by atoms with van der Waals surface area (Å²) in [6.07, 6.45) is 1.83. The molecule has 4 rings (SSSR count). The smallest absolute Gasteiger partial charge is 0.178 e. The molecule has 0 spiro atoms. The molecular weight excluding hydrogens is 318 g/mol. The van der Waals surface area contributed by atoms with Crippen LogP contribution in [0.1, 0.15) is 5.56 Å². The predicted molar refractivity (Wildman–Crippen MR) is 98.0 cm³/mol. The normalized spacial score (nSPS) is 10.9. The average Bonchev–Trinajstić information content (AvgIpc) is 2.64. The van der Waals surface area contributed by atoms with Crippen molar-refractivity contribution in [2.45, 2.75) is 6.92 Å². The van der Waals surface area contributed by atoms with Crippen LogP contribution in [0.5, 0.6) is 0 Å². The van der Waals surface area contributed by atoms with Crippen LogP contribution < -0.4 is 0 Å². The highest BCUT2D eigenvalue weighted by molar-refractivity contribution is 6.31. The SMILES string of the molecule is Cc1cc(-c2cccc(-c3ncc4ccccc4n3)n2)ccc1Cl. The van der Waals surface area contributed by atoms with Crippen LogP contribution in [0, 0.1) is 6.92 Å². The van der Waals surface area contributed by atoms with Gasteiger partial charge in [0.1, 0.15) is 5.69 Å². The van der Waals surface area contributed by atoms with Crippen LogP contribution in [-0.2, 0) is 0 Å². The Balaban J connectivity index is 1.79. The second kappa shape index (κ2) is 6.02. The monoisotopic (exact) mass is 331 g/mol. The van der Waals surface area contributed by atoms with E-state index in [2.05, 4.69) is 9.97 Å². The van der Waals surface area contributed by atoms with E-state index in [1.807, 2.05) is 73.8 Å². The van der Waals surface area contributed by atoms with Crippen molar-refractivity contribution in [1.29, 1.82) is 0 Å². The molecule has 0 saturated heterocycles. The third-order valence-electron chi connectivity index (χ3n) is 3.92. The number of nitrogens with zero attached hydrogens (tertiary/aromatic N) is 3. The summed E-state index contributed by atoms with van der Waals surface area (Å²) in [7, 11) is 0. The molecule has 0 aliphatic carbocycles. The summed E-state index contributed by atoms with van der Waals surface area (Å²) >= 11 is 6.11. The second-order valence-electron chi connectivity index (χ2n) is 5.62. The zero-order valence-corrected chi connectivity index (χ0v) is 13.8. The third-order valence-corrected chi connectivity index (χ3v) is 4.35. The third kappa shape index (κ3) is 2.74. The highest BCUT2D eigenvalue weighted by Crippen LogP contribution is 2.25. The number of aryl methyl sites for hydroxylation is 1. The Bertz CT molecular complexity index is 1040. The van der Waals surface area contributed by atoms with Crippen molar-refractivity contribution < 1.29 is 0 Å². The molecular formula is C20H14ClN3. The highest BCUT2D eigenvalue weighted by Gasteiger charge is 2.08. The quantitative estimate of drug-likeness (QED) is 0.499. The van der Waals surface area contributed by atoms with Crippen LogP contribution in [-0.4, -0.2) is 15.0 Å². The van der Waals surface area contributed by atoms with Gasteiger partial charge in [0.15, 0.2) is 5.82 Å². The molecule has 0 saturated carbocycles. The fourth-order valence-corrected chi connectivity index (χ4v) is 2.74. The maximum absolute atomic E-state index is 6.11. The predicted octanol–water partition coefficient (Wildman–Crippen LogP) is 5.32. The minimum absolute atomic E-state index is 0.626. The summed E-state index contributed by atoms with van der Waals surface area (Å²) in [4.78, 5) is 13.8. The lowest BCUT2D eigenvalue weighted by Crippen LogP contribution is -1.94. The topological polar surface area (TPSA) is 38.7 Å². The van der Waals surface area contributed by atoms with E-state index in [1.54, 1.807) is 0 Å². The first-order valence-corrected chi connectivity index (χ1v) is 8.04. The van der Waals surface area contributed by atoms with E-state index in [0.29, 0.717) is 5.82 Å². The number of hydrogen-bond donors (Lipinski definition) is 0. The van der Waals surface area contributed by atoms with Gasteiger partial charge in [-0.05, 0) is 42.8 Å². The Morgan fingerprint density at radius 2 is 1.67 bits per heavy atom. The molecule has 0 fully saturated rings. The molecule has 0 N–H and O–H groups in total. The maximum atomic E-state index is 6.11. The summed E-state index contributed by atoms with van der Waals surface area (Å²) in [5.74, 6) is 0.626. The number of aromatic nitrogens is 3. The van der Waals surface area contributed by atoms with Crippen molar-refractivity contribution in [3.63, 3.8) is 0 Å². The molecule has 4 aromatic rings. The summed E-state index contributed by atoms with van der Waals surface area (Å²) in [6, 6.07) is 19.7. The molecule has 116 valence electrons. The van der Waals surface area contributed by atoms with E-state index in [1.165, 1.54) is 0 Å². The zero-order chi connectivity index (χ0) is 16.5. The van der Waals surface area contributed by atoms with Crippen molar-refractivity contribution in [2.24, 2.45) is 0 Å². The number of fused-ring (bicyclic) bond motifs is 1. The summed E-state index contributed by atoms with van der Waals surface area (Å²) < 4.78 is 0. The van der Waals surface area contributed by atoms with Gasteiger partial charge in [0.25, 0.3) is 0 Å². The number of para-hydroxylation sites is 1. The van der Waals surface area contributed by atoms with Crippen LogP contribution in [0.15, 0.2) is 66.9 Å². The van der Waals surface area contributed by atoms with Gasteiger partial charge < -0.3 is 0 Å². The van der Waals surface area contributed by atoms with Gasteiger partial charge in [-0.3, -0.25) is 0 Å². The largest absolute Gasteiger partial charge is 0.244 e. The number of pyridine rings is 1. The number of rotatable bonds is 2. The van der Waals surface area contributed by atoms with Gasteiger partial charge in [-0.1, -0.05) is 41.9 Å². The van der Waals surface area contributed by atoms with Crippen molar-refractivity contribution in [3.8, 4) is 22.8 Å². The molecule has 24 heavy (non-hydrogen) atoms. The lowest BCUT2D eigenvalue weighted by Gasteiger charge is -2.06. The summed E-state index contributed by atoms with van der Waals surface area (Å²) in [5, 5.41) is 1.78. The Hall–Kier alpha value is -2.78. The average molecular weight is 332 g/mol. The molecule has 4 heteroatoms. The number of halogens is 1. The minimum atomic E-state index is 0.626. The van der Waals surface area contributed by atoms with Crippen LogP contribution in [0.25, 0.3) is 33.7 Å². The molecule has 0 bridgehead atoms. The first-order chi connectivity index (χ1) is 11.7. The molecule has 0 aliphatic rings. The van der Waals surface area contributed by atoms with Gasteiger partial charge in [0, 0.05) is 22.2 Å². The molecule has 0 unspecified atom stereocenters. The molecule has 2 aromatic heterocycles. The van der Waals surface area contributed by atoms with Gasteiger partial charge in [-0.25, -0.2) is 15.0 Å². The van der Waals surface area contributed by atoms with E-state index in [0.717, 1.165) is 38.4 Å². The lowest BCUT2D eigenvalue weighted by atomic mass is 10.1. The highest BCUT2D eigenvalue weighted by atomic mass is 35.5. The molecule has 0 amide bonds. The number of benzene rings is 2. The molecule has 0 radical (unpaired) electrons. The lowest BCUT2D eigenvalue weighted by molar-refractivity contribution is 1.18. The first kappa shape index (κ1) is 14.8. The van der Waals surface area contributed by atoms with E-state index >= 15 is 0 Å². The Labute approximate surface area is 145 Å². The Morgan fingerprint density at radius 3 is 2.54 bits per heavy atom. The van der Waals surface area contributed by atoms with E-state index in [4.69, 9.17) is 16.6 Å². The van der Waals surface area contributed by atoms with E-state index in [-0.39, 0.29) is 0 Å². The fraction of sp³-hybridized carbons (Fsp3) is 0.0500. The molecule has 2 aromatic carbocycles. The Morgan fingerprint density at radius 1 is 0.833 bits per heavy atom. The second-order valence-corrected chi connectivity index (χ2v) is 6.03. The zero-order valence-electron chi connectivity index (χ0n) is 13.1.